The summed E-state index contributed by atoms with van der Waals surface area (Å²) in [6.07, 6.45) is 4.50. The Kier molecular flexibility index (Phi) is 4.32. The molecule has 0 aromatic heterocycles. The molecule has 3 rings (SSSR count). The molecule has 2 aliphatic rings. The Bertz CT molecular complexity index is 544. The van der Waals surface area contributed by atoms with Gasteiger partial charge in [0, 0.05) is 12.5 Å². The average molecular weight is 303 g/mol. The van der Waals surface area contributed by atoms with E-state index in [9.17, 15) is 9.59 Å². The molecular weight excluding hydrogens is 282 g/mol. The van der Waals surface area contributed by atoms with Gasteiger partial charge in [-0.1, -0.05) is 18.6 Å². The number of hydrogen-bond acceptors (Lipinski definition) is 3. The summed E-state index contributed by atoms with van der Waals surface area (Å²) in [6, 6.07) is 7.31. The van der Waals surface area contributed by atoms with Crippen LogP contribution in [-0.4, -0.2) is 30.1 Å². The van der Waals surface area contributed by atoms with E-state index < -0.39 is 5.97 Å². The van der Waals surface area contributed by atoms with E-state index in [4.69, 9.17) is 9.84 Å². The number of carbonyl (C=O) groups is 2. The molecule has 0 radical (unpaired) electrons. The minimum Gasteiger partial charge on any atom is -0.482 e. The standard InChI is InChI=1S/C17H21NO4/c19-15(20)10-22-12-6-4-11(5-7-12)8-9-18-17(21)16-13-2-1-3-14(13)16/h4-7,13-14,16H,1-3,8-10H2,(H,18,21)(H,19,20). The van der Waals surface area contributed by atoms with Crippen molar-refractivity contribution >= 4 is 11.9 Å². The van der Waals surface area contributed by atoms with E-state index >= 15 is 0 Å². The molecule has 0 aliphatic heterocycles. The Balaban J connectivity index is 1.38. The Hall–Kier alpha value is -2.04. The van der Waals surface area contributed by atoms with E-state index in [0.29, 0.717) is 24.1 Å². The molecule has 2 N–H and O–H groups in total. The first-order valence-electron chi connectivity index (χ1n) is 7.86. The van der Waals surface area contributed by atoms with Crippen LogP contribution >= 0.6 is 0 Å². The molecule has 0 saturated heterocycles. The number of rotatable bonds is 7. The molecule has 0 heterocycles. The SMILES string of the molecule is O=C(O)COc1ccc(CCNC(=O)C2C3CCCC32)cc1. The summed E-state index contributed by atoms with van der Waals surface area (Å²) in [5.74, 6) is 1.37. The maximum Gasteiger partial charge on any atom is 0.341 e. The molecule has 118 valence electrons. The summed E-state index contributed by atoms with van der Waals surface area (Å²) in [4.78, 5) is 22.4. The largest absolute Gasteiger partial charge is 0.482 e. The van der Waals surface area contributed by atoms with Gasteiger partial charge >= 0.3 is 5.97 Å². The van der Waals surface area contributed by atoms with Crippen molar-refractivity contribution in [3.8, 4) is 5.75 Å². The second-order valence-electron chi connectivity index (χ2n) is 6.15. The molecule has 1 amide bonds. The van der Waals surface area contributed by atoms with Gasteiger partial charge in [0.05, 0.1) is 0 Å². The van der Waals surface area contributed by atoms with Crippen molar-refractivity contribution in [3.05, 3.63) is 29.8 Å². The lowest BCUT2D eigenvalue weighted by atomic mass is 10.1. The lowest BCUT2D eigenvalue weighted by Gasteiger charge is -2.08. The number of fused-ring (bicyclic) bond motifs is 1. The Morgan fingerprint density at radius 3 is 2.50 bits per heavy atom. The van der Waals surface area contributed by atoms with Crippen molar-refractivity contribution in [2.75, 3.05) is 13.2 Å². The Morgan fingerprint density at radius 1 is 1.18 bits per heavy atom. The summed E-state index contributed by atoms with van der Waals surface area (Å²) in [5, 5.41) is 11.6. The summed E-state index contributed by atoms with van der Waals surface area (Å²) in [6.45, 7) is 0.309. The van der Waals surface area contributed by atoms with Crippen LogP contribution in [0.2, 0.25) is 0 Å². The first kappa shape index (κ1) is 14.9. The molecule has 0 bridgehead atoms. The summed E-state index contributed by atoms with van der Waals surface area (Å²) in [7, 11) is 0. The topological polar surface area (TPSA) is 75.6 Å². The van der Waals surface area contributed by atoms with Crippen LogP contribution in [0.3, 0.4) is 0 Å². The minimum atomic E-state index is -0.989. The molecule has 5 nitrogen and oxygen atoms in total. The van der Waals surface area contributed by atoms with Gasteiger partial charge in [-0.05, 0) is 48.8 Å². The fourth-order valence-corrected chi connectivity index (χ4v) is 3.56. The number of hydrogen-bond donors (Lipinski definition) is 2. The van der Waals surface area contributed by atoms with E-state index in [-0.39, 0.29) is 18.4 Å². The molecule has 22 heavy (non-hydrogen) atoms. The predicted octanol–water partition coefficient (Wildman–Crippen LogP) is 1.85. The lowest BCUT2D eigenvalue weighted by Crippen LogP contribution is -2.28. The third-order valence-corrected chi connectivity index (χ3v) is 4.71. The van der Waals surface area contributed by atoms with Gasteiger partial charge in [-0.2, -0.15) is 0 Å². The van der Waals surface area contributed by atoms with Gasteiger partial charge in [-0.25, -0.2) is 4.79 Å². The highest BCUT2D eigenvalue weighted by atomic mass is 16.5. The third kappa shape index (κ3) is 3.40. The Labute approximate surface area is 129 Å². The highest BCUT2D eigenvalue weighted by Gasteiger charge is 2.56. The van der Waals surface area contributed by atoms with E-state index in [0.717, 1.165) is 12.0 Å². The molecule has 1 aromatic rings. The van der Waals surface area contributed by atoms with Gasteiger partial charge in [0.25, 0.3) is 0 Å². The quantitative estimate of drug-likeness (QED) is 0.806. The molecule has 0 spiro atoms. The number of ether oxygens (including phenoxy) is 1. The van der Waals surface area contributed by atoms with Crippen molar-refractivity contribution < 1.29 is 19.4 Å². The van der Waals surface area contributed by atoms with Crippen LogP contribution in [0.25, 0.3) is 0 Å². The summed E-state index contributed by atoms with van der Waals surface area (Å²) < 4.78 is 5.08. The van der Waals surface area contributed by atoms with Crippen LogP contribution in [0.1, 0.15) is 24.8 Å². The first-order valence-corrected chi connectivity index (χ1v) is 7.86. The number of amides is 1. The van der Waals surface area contributed by atoms with Crippen LogP contribution in [0.15, 0.2) is 24.3 Å². The van der Waals surface area contributed by atoms with E-state index in [2.05, 4.69) is 5.32 Å². The summed E-state index contributed by atoms with van der Waals surface area (Å²) >= 11 is 0. The number of benzene rings is 1. The highest BCUT2D eigenvalue weighted by Crippen LogP contribution is 2.57. The fourth-order valence-electron chi connectivity index (χ4n) is 3.56. The van der Waals surface area contributed by atoms with Gasteiger partial charge in [-0.15, -0.1) is 0 Å². The molecular formula is C17H21NO4. The number of aliphatic carboxylic acids is 1. The van der Waals surface area contributed by atoms with Crippen molar-refractivity contribution in [1.82, 2.24) is 5.32 Å². The average Bonchev–Trinajstić information content (AvgIpc) is 2.99. The third-order valence-electron chi connectivity index (χ3n) is 4.71. The zero-order valence-electron chi connectivity index (χ0n) is 12.5. The molecule has 2 atom stereocenters. The van der Waals surface area contributed by atoms with Crippen LogP contribution in [0.5, 0.6) is 5.75 Å². The van der Waals surface area contributed by atoms with Crippen LogP contribution in [0, 0.1) is 17.8 Å². The molecule has 2 saturated carbocycles. The van der Waals surface area contributed by atoms with Crippen molar-refractivity contribution in [3.63, 3.8) is 0 Å². The van der Waals surface area contributed by atoms with Crippen LogP contribution < -0.4 is 10.1 Å². The maximum atomic E-state index is 12.0. The zero-order valence-corrected chi connectivity index (χ0v) is 12.5. The molecule has 2 aliphatic carbocycles. The highest BCUT2D eigenvalue weighted by molar-refractivity contribution is 5.82. The van der Waals surface area contributed by atoms with Crippen LogP contribution in [-0.2, 0) is 16.0 Å². The molecule has 2 fully saturated rings. The van der Waals surface area contributed by atoms with Gasteiger partial charge in [0.2, 0.25) is 5.91 Å². The van der Waals surface area contributed by atoms with Crippen molar-refractivity contribution in [1.29, 1.82) is 0 Å². The predicted molar refractivity (Wildman–Crippen MR) is 80.6 cm³/mol. The number of carboxylic acid groups (broad SMARTS) is 1. The smallest absolute Gasteiger partial charge is 0.341 e. The van der Waals surface area contributed by atoms with Crippen molar-refractivity contribution in [2.45, 2.75) is 25.7 Å². The van der Waals surface area contributed by atoms with Crippen molar-refractivity contribution in [2.24, 2.45) is 17.8 Å². The van der Waals surface area contributed by atoms with Gasteiger partial charge in [-0.3, -0.25) is 4.79 Å². The Morgan fingerprint density at radius 2 is 1.86 bits per heavy atom. The second kappa shape index (κ2) is 6.38. The first-order chi connectivity index (χ1) is 10.6. The minimum absolute atomic E-state index is 0.219. The zero-order chi connectivity index (χ0) is 15.5. The summed E-state index contributed by atoms with van der Waals surface area (Å²) in [5.41, 5.74) is 1.10. The van der Waals surface area contributed by atoms with Gasteiger partial charge in [0.1, 0.15) is 5.75 Å². The molecule has 5 heteroatoms. The van der Waals surface area contributed by atoms with E-state index in [1.807, 2.05) is 12.1 Å². The lowest BCUT2D eigenvalue weighted by molar-refractivity contribution is -0.139. The normalized spacial score (nSPS) is 25.4. The van der Waals surface area contributed by atoms with Gasteiger partial charge < -0.3 is 15.2 Å². The molecule has 2 unspecified atom stereocenters. The number of carbonyl (C=O) groups excluding carboxylic acids is 1. The van der Waals surface area contributed by atoms with E-state index in [1.54, 1.807) is 12.1 Å². The van der Waals surface area contributed by atoms with Crippen LogP contribution in [0.4, 0.5) is 0 Å². The van der Waals surface area contributed by atoms with E-state index in [1.165, 1.54) is 19.3 Å². The number of nitrogens with one attached hydrogen (secondary N) is 1. The second-order valence-corrected chi connectivity index (χ2v) is 6.15. The maximum absolute atomic E-state index is 12.0. The molecule has 1 aromatic carbocycles. The number of carboxylic acids is 1. The fraction of sp³-hybridized carbons (Fsp3) is 0.529. The van der Waals surface area contributed by atoms with Gasteiger partial charge in [0.15, 0.2) is 6.61 Å². The monoisotopic (exact) mass is 303 g/mol.